The van der Waals surface area contributed by atoms with Crippen molar-refractivity contribution in [3.63, 3.8) is 0 Å². The predicted molar refractivity (Wildman–Crippen MR) is 96.9 cm³/mol. The van der Waals surface area contributed by atoms with Crippen LogP contribution in [0.1, 0.15) is 47.0 Å². The van der Waals surface area contributed by atoms with Crippen molar-refractivity contribution in [1.29, 1.82) is 0 Å². The van der Waals surface area contributed by atoms with Gasteiger partial charge in [-0.3, -0.25) is 4.79 Å². The van der Waals surface area contributed by atoms with E-state index in [-0.39, 0.29) is 5.91 Å². The SMILES string of the molecule is COc1ccc2c(c1)CCCC2CC(=O)NCCc1csc(C)n1. The summed E-state index contributed by atoms with van der Waals surface area (Å²) in [5, 5.41) is 6.18. The molecular formula is C19H24N2O2S. The molecule has 1 amide bonds. The number of ether oxygens (including phenoxy) is 1. The van der Waals surface area contributed by atoms with Crippen molar-refractivity contribution in [1.82, 2.24) is 10.3 Å². The highest BCUT2D eigenvalue weighted by Crippen LogP contribution is 2.35. The molecule has 0 aliphatic heterocycles. The Kier molecular flexibility index (Phi) is 5.51. The highest BCUT2D eigenvalue weighted by atomic mass is 32.1. The fraction of sp³-hybridized carbons (Fsp3) is 0.474. The third-order valence-corrected chi connectivity index (χ3v) is 5.41. The number of benzene rings is 1. The van der Waals surface area contributed by atoms with Crippen molar-refractivity contribution in [3.05, 3.63) is 45.4 Å². The van der Waals surface area contributed by atoms with Gasteiger partial charge in [0.2, 0.25) is 5.91 Å². The minimum atomic E-state index is 0.135. The van der Waals surface area contributed by atoms with E-state index < -0.39 is 0 Å². The average Bonchev–Trinajstić information content (AvgIpc) is 3.00. The van der Waals surface area contributed by atoms with Crippen molar-refractivity contribution in [2.75, 3.05) is 13.7 Å². The standard InChI is InChI=1S/C19H24N2O2S/c1-13-21-16(12-24-13)8-9-20-19(22)11-15-5-3-4-14-10-17(23-2)6-7-18(14)15/h6-7,10,12,15H,3-5,8-9,11H2,1-2H3,(H,20,22). The van der Waals surface area contributed by atoms with Gasteiger partial charge in [-0.05, 0) is 55.4 Å². The molecule has 128 valence electrons. The number of fused-ring (bicyclic) bond motifs is 1. The lowest BCUT2D eigenvalue weighted by Gasteiger charge is -2.25. The first kappa shape index (κ1) is 17.0. The third kappa shape index (κ3) is 4.15. The second kappa shape index (κ2) is 7.79. The lowest BCUT2D eigenvalue weighted by atomic mass is 9.81. The highest BCUT2D eigenvalue weighted by Gasteiger charge is 2.23. The van der Waals surface area contributed by atoms with E-state index in [2.05, 4.69) is 27.8 Å². The first-order valence-corrected chi connectivity index (χ1v) is 9.38. The van der Waals surface area contributed by atoms with Gasteiger partial charge in [-0.2, -0.15) is 0 Å². The summed E-state index contributed by atoms with van der Waals surface area (Å²) in [4.78, 5) is 16.7. The van der Waals surface area contributed by atoms with Crippen LogP contribution in [0.15, 0.2) is 23.6 Å². The van der Waals surface area contributed by atoms with E-state index in [0.717, 1.165) is 42.1 Å². The minimum Gasteiger partial charge on any atom is -0.497 e. The molecule has 0 fully saturated rings. The number of aryl methyl sites for hydroxylation is 2. The zero-order chi connectivity index (χ0) is 16.9. The van der Waals surface area contributed by atoms with Gasteiger partial charge in [0.15, 0.2) is 0 Å². The van der Waals surface area contributed by atoms with E-state index in [1.54, 1.807) is 18.4 Å². The Balaban J connectivity index is 1.53. The summed E-state index contributed by atoms with van der Waals surface area (Å²) in [6.07, 6.45) is 4.66. The van der Waals surface area contributed by atoms with Crippen LogP contribution in [0.2, 0.25) is 0 Å². The van der Waals surface area contributed by atoms with E-state index in [1.165, 1.54) is 11.1 Å². The van der Waals surface area contributed by atoms with Crippen molar-refractivity contribution < 1.29 is 9.53 Å². The largest absolute Gasteiger partial charge is 0.497 e. The molecular weight excluding hydrogens is 320 g/mol. The lowest BCUT2D eigenvalue weighted by Crippen LogP contribution is -2.28. The number of hydrogen-bond donors (Lipinski definition) is 1. The second-order valence-electron chi connectivity index (χ2n) is 6.32. The van der Waals surface area contributed by atoms with Crippen LogP contribution < -0.4 is 10.1 Å². The summed E-state index contributed by atoms with van der Waals surface area (Å²) in [6.45, 7) is 2.66. The molecule has 4 nitrogen and oxygen atoms in total. The Morgan fingerprint density at radius 2 is 2.33 bits per heavy atom. The number of hydrogen-bond acceptors (Lipinski definition) is 4. The van der Waals surface area contributed by atoms with Gasteiger partial charge in [-0.1, -0.05) is 6.07 Å². The Morgan fingerprint density at radius 3 is 3.08 bits per heavy atom. The molecule has 2 aromatic rings. The number of rotatable bonds is 6. The molecule has 3 rings (SSSR count). The monoisotopic (exact) mass is 344 g/mol. The van der Waals surface area contributed by atoms with Gasteiger partial charge in [-0.15, -0.1) is 11.3 Å². The van der Waals surface area contributed by atoms with Gasteiger partial charge < -0.3 is 10.1 Å². The molecule has 0 spiro atoms. The summed E-state index contributed by atoms with van der Waals surface area (Å²) < 4.78 is 5.31. The first-order chi connectivity index (χ1) is 11.7. The average molecular weight is 344 g/mol. The molecule has 1 aromatic heterocycles. The molecule has 0 bridgehead atoms. The van der Waals surface area contributed by atoms with Crippen molar-refractivity contribution >= 4 is 17.2 Å². The number of aromatic nitrogens is 1. The molecule has 0 radical (unpaired) electrons. The van der Waals surface area contributed by atoms with Crippen LogP contribution in [0, 0.1) is 6.92 Å². The molecule has 1 unspecified atom stereocenters. The fourth-order valence-electron chi connectivity index (χ4n) is 3.38. The molecule has 1 atom stereocenters. The minimum absolute atomic E-state index is 0.135. The zero-order valence-electron chi connectivity index (χ0n) is 14.3. The number of nitrogens with zero attached hydrogens (tertiary/aromatic N) is 1. The summed E-state index contributed by atoms with van der Waals surface area (Å²) in [6, 6.07) is 6.24. The predicted octanol–water partition coefficient (Wildman–Crippen LogP) is 3.63. The maximum absolute atomic E-state index is 12.3. The molecule has 1 heterocycles. The maximum Gasteiger partial charge on any atom is 0.220 e. The van der Waals surface area contributed by atoms with Crippen molar-refractivity contribution in [2.45, 2.75) is 44.9 Å². The highest BCUT2D eigenvalue weighted by molar-refractivity contribution is 7.09. The number of methoxy groups -OCH3 is 1. The summed E-state index contributed by atoms with van der Waals surface area (Å²) >= 11 is 1.65. The summed E-state index contributed by atoms with van der Waals surface area (Å²) in [7, 11) is 1.69. The number of carbonyl (C=O) groups is 1. The van der Waals surface area contributed by atoms with Gasteiger partial charge >= 0.3 is 0 Å². The van der Waals surface area contributed by atoms with E-state index in [1.807, 2.05) is 13.0 Å². The van der Waals surface area contributed by atoms with Gasteiger partial charge in [0, 0.05) is 24.8 Å². The van der Waals surface area contributed by atoms with Crippen LogP contribution in [-0.2, 0) is 17.6 Å². The summed E-state index contributed by atoms with van der Waals surface area (Å²) in [5.74, 6) is 1.36. The van der Waals surface area contributed by atoms with E-state index in [9.17, 15) is 4.79 Å². The molecule has 1 aromatic carbocycles. The quantitative estimate of drug-likeness (QED) is 0.870. The molecule has 24 heavy (non-hydrogen) atoms. The van der Waals surface area contributed by atoms with E-state index in [4.69, 9.17) is 4.74 Å². The van der Waals surface area contributed by atoms with Gasteiger partial charge in [-0.25, -0.2) is 4.98 Å². The van der Waals surface area contributed by atoms with Crippen molar-refractivity contribution in [2.24, 2.45) is 0 Å². The topological polar surface area (TPSA) is 51.2 Å². The van der Waals surface area contributed by atoms with E-state index >= 15 is 0 Å². The van der Waals surface area contributed by atoms with E-state index in [0.29, 0.717) is 18.9 Å². The Labute approximate surface area is 147 Å². The molecule has 5 heteroatoms. The number of carbonyl (C=O) groups excluding carboxylic acids is 1. The van der Waals surface area contributed by atoms with Crippen LogP contribution >= 0.6 is 11.3 Å². The number of amides is 1. The van der Waals surface area contributed by atoms with Crippen LogP contribution in [0.25, 0.3) is 0 Å². The molecule has 1 N–H and O–H groups in total. The fourth-order valence-corrected chi connectivity index (χ4v) is 4.03. The van der Waals surface area contributed by atoms with Crippen LogP contribution in [0.5, 0.6) is 5.75 Å². The molecule has 0 saturated heterocycles. The Bertz CT molecular complexity index is 711. The van der Waals surface area contributed by atoms with Gasteiger partial charge in [0.1, 0.15) is 5.75 Å². The molecule has 0 saturated carbocycles. The Morgan fingerprint density at radius 1 is 1.46 bits per heavy atom. The smallest absolute Gasteiger partial charge is 0.220 e. The molecule has 1 aliphatic rings. The van der Waals surface area contributed by atoms with Crippen LogP contribution in [-0.4, -0.2) is 24.5 Å². The van der Waals surface area contributed by atoms with Crippen LogP contribution in [0.3, 0.4) is 0 Å². The maximum atomic E-state index is 12.3. The normalized spacial score (nSPS) is 16.5. The van der Waals surface area contributed by atoms with Crippen molar-refractivity contribution in [3.8, 4) is 5.75 Å². The Hall–Kier alpha value is -1.88. The van der Waals surface area contributed by atoms with Crippen LogP contribution in [0.4, 0.5) is 0 Å². The lowest BCUT2D eigenvalue weighted by molar-refractivity contribution is -0.121. The second-order valence-corrected chi connectivity index (χ2v) is 7.38. The zero-order valence-corrected chi connectivity index (χ0v) is 15.1. The number of nitrogens with one attached hydrogen (secondary N) is 1. The first-order valence-electron chi connectivity index (χ1n) is 8.50. The third-order valence-electron chi connectivity index (χ3n) is 4.59. The number of thiazole rings is 1. The molecule has 1 aliphatic carbocycles. The summed E-state index contributed by atoms with van der Waals surface area (Å²) in [5.41, 5.74) is 3.71. The van der Waals surface area contributed by atoms with Gasteiger partial charge in [0.05, 0.1) is 17.8 Å². The van der Waals surface area contributed by atoms with Gasteiger partial charge in [0.25, 0.3) is 0 Å².